The summed E-state index contributed by atoms with van der Waals surface area (Å²) in [5.41, 5.74) is 8.51. The van der Waals surface area contributed by atoms with Gasteiger partial charge in [-0.3, -0.25) is 4.98 Å². The van der Waals surface area contributed by atoms with Crippen LogP contribution in [0.2, 0.25) is 0 Å². The molecule has 0 unspecified atom stereocenters. The molecule has 0 bridgehead atoms. The fourth-order valence-corrected chi connectivity index (χ4v) is 2.15. The van der Waals surface area contributed by atoms with E-state index >= 15 is 0 Å². The Morgan fingerprint density at radius 1 is 1.47 bits per heavy atom. The number of nitrogen functional groups attached to an aromatic ring is 1. The van der Waals surface area contributed by atoms with Gasteiger partial charge in [0.2, 0.25) is 0 Å². The highest BCUT2D eigenvalue weighted by atomic mass is 16.4. The fourth-order valence-electron chi connectivity index (χ4n) is 2.15. The first-order chi connectivity index (χ1) is 9.02. The van der Waals surface area contributed by atoms with Gasteiger partial charge in [-0.15, -0.1) is 0 Å². The van der Waals surface area contributed by atoms with Gasteiger partial charge in [0.15, 0.2) is 5.58 Å². The van der Waals surface area contributed by atoms with E-state index in [0.717, 1.165) is 5.69 Å². The Kier molecular flexibility index (Phi) is 3.80. The zero-order valence-corrected chi connectivity index (χ0v) is 11.1. The van der Waals surface area contributed by atoms with Gasteiger partial charge in [0, 0.05) is 25.3 Å². The van der Waals surface area contributed by atoms with Crippen molar-refractivity contribution in [1.29, 1.82) is 0 Å². The molecule has 0 fully saturated rings. The van der Waals surface area contributed by atoms with E-state index < -0.39 is 5.76 Å². The van der Waals surface area contributed by atoms with Gasteiger partial charge in [-0.25, -0.2) is 4.79 Å². The minimum atomic E-state index is -0.488. The van der Waals surface area contributed by atoms with Crippen molar-refractivity contribution in [1.82, 2.24) is 4.98 Å². The summed E-state index contributed by atoms with van der Waals surface area (Å²) in [5.74, 6) is -0.488. The predicted molar refractivity (Wildman–Crippen MR) is 75.4 cm³/mol. The molecule has 2 aromatic rings. The molecule has 0 atom stereocenters. The van der Waals surface area contributed by atoms with Crippen molar-refractivity contribution in [3.05, 3.63) is 22.7 Å². The number of hydrogen-bond acceptors (Lipinski definition) is 5. The second-order valence-corrected chi connectivity index (χ2v) is 4.79. The van der Waals surface area contributed by atoms with Crippen molar-refractivity contribution in [2.75, 3.05) is 23.8 Å². The normalized spacial score (nSPS) is 11.4. The first-order valence-electron chi connectivity index (χ1n) is 6.32. The number of aliphatic hydroxyl groups is 1. The summed E-state index contributed by atoms with van der Waals surface area (Å²) >= 11 is 0. The molecule has 0 saturated carbocycles. The summed E-state index contributed by atoms with van der Waals surface area (Å²) in [4.78, 5) is 15.9. The molecule has 6 nitrogen and oxygen atoms in total. The van der Waals surface area contributed by atoms with Crippen molar-refractivity contribution < 1.29 is 9.52 Å². The summed E-state index contributed by atoms with van der Waals surface area (Å²) in [7, 11) is 0. The maximum Gasteiger partial charge on any atom is 0.417 e. The SMILES string of the molecule is CC(C)N(CCCO)c1cc2[nH]c(=O)oc2cc1N. The Bertz CT molecular complexity index is 615. The largest absolute Gasteiger partial charge is 0.417 e. The lowest BCUT2D eigenvalue weighted by molar-refractivity contribution is 0.288. The van der Waals surface area contributed by atoms with Crippen molar-refractivity contribution in [2.45, 2.75) is 26.3 Å². The van der Waals surface area contributed by atoms with Gasteiger partial charge < -0.3 is 20.2 Å². The van der Waals surface area contributed by atoms with Gasteiger partial charge in [-0.05, 0) is 26.3 Å². The second-order valence-electron chi connectivity index (χ2n) is 4.79. The second kappa shape index (κ2) is 5.36. The van der Waals surface area contributed by atoms with Crippen LogP contribution in [0.3, 0.4) is 0 Å². The number of nitrogens with two attached hydrogens (primary N) is 1. The Balaban J connectivity index is 2.45. The molecule has 0 aliphatic heterocycles. The summed E-state index contributed by atoms with van der Waals surface area (Å²) in [6.45, 7) is 4.94. The number of aliphatic hydroxyl groups excluding tert-OH is 1. The molecule has 19 heavy (non-hydrogen) atoms. The van der Waals surface area contributed by atoms with Crippen LogP contribution >= 0.6 is 0 Å². The third-order valence-corrected chi connectivity index (χ3v) is 3.06. The van der Waals surface area contributed by atoms with Gasteiger partial charge in [0.1, 0.15) is 0 Å². The smallest absolute Gasteiger partial charge is 0.408 e. The zero-order chi connectivity index (χ0) is 14.0. The third-order valence-electron chi connectivity index (χ3n) is 3.06. The Labute approximate surface area is 110 Å². The van der Waals surface area contributed by atoms with Crippen LogP contribution < -0.4 is 16.4 Å². The van der Waals surface area contributed by atoms with Crippen LogP contribution in [-0.4, -0.2) is 29.3 Å². The number of benzene rings is 1. The van der Waals surface area contributed by atoms with Crippen LogP contribution in [0.15, 0.2) is 21.3 Å². The maximum atomic E-state index is 11.2. The highest BCUT2D eigenvalue weighted by Crippen LogP contribution is 2.29. The van der Waals surface area contributed by atoms with Gasteiger partial charge in [0.25, 0.3) is 0 Å². The highest BCUT2D eigenvalue weighted by molar-refractivity contribution is 5.85. The fraction of sp³-hybridized carbons (Fsp3) is 0.462. The number of H-pyrrole nitrogens is 1. The highest BCUT2D eigenvalue weighted by Gasteiger charge is 2.15. The molecule has 4 N–H and O–H groups in total. The Morgan fingerprint density at radius 2 is 2.21 bits per heavy atom. The van der Waals surface area contributed by atoms with Crippen LogP contribution in [0.5, 0.6) is 0 Å². The van der Waals surface area contributed by atoms with Crippen LogP contribution in [0.1, 0.15) is 20.3 Å². The van der Waals surface area contributed by atoms with E-state index in [9.17, 15) is 4.79 Å². The standard InChI is InChI=1S/C13H19N3O3/c1-8(2)16(4-3-5-17)11-7-10-12(6-9(11)14)19-13(18)15-10/h6-8,17H,3-5,14H2,1-2H3,(H,15,18). The number of aromatic nitrogens is 1. The number of nitrogens with zero attached hydrogens (tertiary/aromatic N) is 1. The molecule has 1 aromatic heterocycles. The maximum absolute atomic E-state index is 11.2. The minimum absolute atomic E-state index is 0.133. The summed E-state index contributed by atoms with van der Waals surface area (Å²) in [5, 5.41) is 8.97. The van der Waals surface area contributed by atoms with E-state index in [1.807, 2.05) is 6.07 Å². The zero-order valence-electron chi connectivity index (χ0n) is 11.1. The summed E-state index contributed by atoms with van der Waals surface area (Å²) in [6, 6.07) is 3.70. The van der Waals surface area contributed by atoms with Gasteiger partial charge in [-0.2, -0.15) is 0 Å². The molecule has 104 valence electrons. The number of aromatic amines is 1. The molecule has 0 spiro atoms. The topological polar surface area (TPSA) is 95.5 Å². The van der Waals surface area contributed by atoms with E-state index in [1.54, 1.807) is 6.07 Å². The Morgan fingerprint density at radius 3 is 2.84 bits per heavy atom. The van der Waals surface area contributed by atoms with Crippen molar-refractivity contribution in [2.24, 2.45) is 0 Å². The predicted octanol–water partition coefficient (Wildman–Crippen LogP) is 1.30. The Hall–Kier alpha value is -1.95. The van der Waals surface area contributed by atoms with E-state index in [4.69, 9.17) is 15.3 Å². The number of rotatable bonds is 5. The van der Waals surface area contributed by atoms with Crippen LogP contribution in [0.25, 0.3) is 11.1 Å². The van der Waals surface area contributed by atoms with E-state index in [1.165, 1.54) is 0 Å². The molecule has 1 aromatic carbocycles. The van der Waals surface area contributed by atoms with Crippen LogP contribution in [-0.2, 0) is 0 Å². The van der Waals surface area contributed by atoms with E-state index in [0.29, 0.717) is 29.8 Å². The number of fused-ring (bicyclic) bond motifs is 1. The first-order valence-corrected chi connectivity index (χ1v) is 6.32. The van der Waals surface area contributed by atoms with Crippen LogP contribution in [0.4, 0.5) is 11.4 Å². The number of anilines is 2. The molecular weight excluding hydrogens is 246 g/mol. The minimum Gasteiger partial charge on any atom is -0.408 e. The summed E-state index contributed by atoms with van der Waals surface area (Å²) in [6.07, 6.45) is 0.664. The number of oxazole rings is 1. The lowest BCUT2D eigenvalue weighted by atomic mass is 10.2. The average Bonchev–Trinajstić information content (AvgIpc) is 2.68. The molecular formula is C13H19N3O3. The monoisotopic (exact) mass is 265 g/mol. The van der Waals surface area contributed by atoms with Crippen molar-refractivity contribution >= 4 is 22.5 Å². The van der Waals surface area contributed by atoms with Crippen molar-refractivity contribution in [3.8, 4) is 0 Å². The quantitative estimate of drug-likeness (QED) is 0.708. The van der Waals surface area contributed by atoms with Gasteiger partial charge in [0.05, 0.1) is 16.9 Å². The molecule has 1 heterocycles. The molecule has 0 radical (unpaired) electrons. The lowest BCUT2D eigenvalue weighted by Gasteiger charge is -2.29. The van der Waals surface area contributed by atoms with Crippen molar-refractivity contribution in [3.63, 3.8) is 0 Å². The average molecular weight is 265 g/mol. The molecule has 0 saturated heterocycles. The molecule has 6 heteroatoms. The van der Waals surface area contributed by atoms with E-state index in [-0.39, 0.29) is 12.6 Å². The van der Waals surface area contributed by atoms with Gasteiger partial charge >= 0.3 is 5.76 Å². The number of nitrogens with one attached hydrogen (secondary N) is 1. The lowest BCUT2D eigenvalue weighted by Crippen LogP contribution is -2.32. The summed E-state index contributed by atoms with van der Waals surface area (Å²) < 4.78 is 4.98. The molecule has 0 aliphatic carbocycles. The van der Waals surface area contributed by atoms with Gasteiger partial charge in [-0.1, -0.05) is 0 Å². The first kappa shape index (κ1) is 13.5. The van der Waals surface area contributed by atoms with E-state index in [2.05, 4.69) is 23.7 Å². The molecule has 0 aliphatic rings. The third kappa shape index (κ3) is 2.73. The molecule has 0 amide bonds. The number of hydrogen-bond donors (Lipinski definition) is 3. The van der Waals surface area contributed by atoms with Crippen LogP contribution in [0, 0.1) is 0 Å². The molecule has 2 rings (SSSR count).